The minimum Gasteiger partial charge on any atom is -0.343 e. The summed E-state index contributed by atoms with van der Waals surface area (Å²) in [6, 6.07) is 9.33. The Labute approximate surface area is 137 Å². The van der Waals surface area contributed by atoms with Gasteiger partial charge in [-0.1, -0.05) is 42.9 Å². The molecule has 1 fully saturated rings. The second-order valence-electron chi connectivity index (χ2n) is 5.62. The van der Waals surface area contributed by atoms with E-state index in [0.717, 1.165) is 18.4 Å². The van der Waals surface area contributed by atoms with Gasteiger partial charge in [0.25, 0.3) is 0 Å². The molecule has 2 rings (SSSR count). The lowest BCUT2D eigenvalue weighted by molar-refractivity contribution is -0.126. The van der Waals surface area contributed by atoms with Crippen molar-refractivity contribution in [1.29, 1.82) is 0 Å². The molecule has 1 aromatic rings. The first-order chi connectivity index (χ1) is 11.2. The van der Waals surface area contributed by atoms with Gasteiger partial charge in [0, 0.05) is 12.1 Å². The molecule has 3 amide bonds. The Kier molecular flexibility index (Phi) is 6.04. The lowest BCUT2D eigenvalue weighted by Gasteiger charge is -2.28. The Morgan fingerprint density at radius 2 is 1.83 bits per heavy atom. The van der Waals surface area contributed by atoms with E-state index in [0.29, 0.717) is 19.4 Å². The van der Waals surface area contributed by atoms with E-state index in [1.807, 2.05) is 37.3 Å². The molecule has 23 heavy (non-hydrogen) atoms. The van der Waals surface area contributed by atoms with Gasteiger partial charge in [0.05, 0.1) is 6.54 Å². The number of rotatable bonds is 4. The van der Waals surface area contributed by atoms with Crippen molar-refractivity contribution in [2.75, 3.05) is 13.1 Å². The van der Waals surface area contributed by atoms with E-state index in [4.69, 9.17) is 0 Å². The van der Waals surface area contributed by atoms with Gasteiger partial charge >= 0.3 is 6.03 Å². The molecule has 1 aliphatic carbocycles. The quantitative estimate of drug-likeness (QED) is 0.742. The molecule has 0 aliphatic heterocycles. The van der Waals surface area contributed by atoms with Crippen molar-refractivity contribution in [3.63, 3.8) is 0 Å². The number of carbonyl (C=O) groups is 2. The van der Waals surface area contributed by atoms with Gasteiger partial charge in [-0.15, -0.1) is 0 Å². The van der Waals surface area contributed by atoms with Crippen molar-refractivity contribution in [1.82, 2.24) is 16.0 Å². The zero-order valence-corrected chi connectivity index (χ0v) is 13.4. The standard InChI is InChI=1S/C18H23N3O2/c1-2-19-17(23)21-18(12-6-7-13-18)16(22)20-14-8-11-15-9-4-3-5-10-15/h3-5,9-10H,2,6-7,12-14H2,1H3,(H,20,22)(H2,19,21,23). The SMILES string of the molecule is CCNC(=O)NC1(C(=O)NCC#Cc2ccccc2)CCCC1. The third kappa shape index (κ3) is 4.75. The summed E-state index contributed by atoms with van der Waals surface area (Å²) < 4.78 is 0. The largest absolute Gasteiger partial charge is 0.343 e. The number of amides is 3. The van der Waals surface area contributed by atoms with Gasteiger partial charge in [-0.05, 0) is 31.9 Å². The first-order valence-electron chi connectivity index (χ1n) is 8.04. The fourth-order valence-corrected chi connectivity index (χ4v) is 2.77. The zero-order valence-electron chi connectivity index (χ0n) is 13.4. The lowest BCUT2D eigenvalue weighted by Crippen LogP contribution is -2.59. The molecule has 1 aliphatic rings. The van der Waals surface area contributed by atoms with Crippen LogP contribution in [-0.2, 0) is 4.79 Å². The van der Waals surface area contributed by atoms with Crippen molar-refractivity contribution in [2.24, 2.45) is 0 Å². The van der Waals surface area contributed by atoms with Crippen molar-refractivity contribution in [3.8, 4) is 11.8 Å². The molecular formula is C18H23N3O2. The van der Waals surface area contributed by atoms with E-state index in [-0.39, 0.29) is 18.5 Å². The van der Waals surface area contributed by atoms with E-state index in [9.17, 15) is 9.59 Å². The molecule has 5 heteroatoms. The van der Waals surface area contributed by atoms with Crippen LogP contribution in [0.25, 0.3) is 0 Å². The van der Waals surface area contributed by atoms with Crippen LogP contribution in [0, 0.1) is 11.8 Å². The highest BCUT2D eigenvalue weighted by Gasteiger charge is 2.42. The molecule has 5 nitrogen and oxygen atoms in total. The number of urea groups is 1. The average molecular weight is 313 g/mol. The topological polar surface area (TPSA) is 70.2 Å². The van der Waals surface area contributed by atoms with Gasteiger partial charge in [0.1, 0.15) is 5.54 Å². The molecule has 0 aromatic heterocycles. The third-order valence-corrected chi connectivity index (χ3v) is 3.93. The smallest absolute Gasteiger partial charge is 0.315 e. The molecule has 0 saturated heterocycles. The Balaban J connectivity index is 1.91. The first-order valence-corrected chi connectivity index (χ1v) is 8.04. The summed E-state index contributed by atoms with van der Waals surface area (Å²) in [5, 5.41) is 8.35. The summed E-state index contributed by atoms with van der Waals surface area (Å²) in [5.74, 6) is 5.79. The third-order valence-electron chi connectivity index (χ3n) is 3.93. The summed E-state index contributed by atoms with van der Waals surface area (Å²) >= 11 is 0. The Morgan fingerprint density at radius 1 is 1.13 bits per heavy atom. The Bertz CT molecular complexity index is 596. The van der Waals surface area contributed by atoms with Crippen LogP contribution in [0.1, 0.15) is 38.2 Å². The van der Waals surface area contributed by atoms with Crippen LogP contribution in [0.15, 0.2) is 30.3 Å². The van der Waals surface area contributed by atoms with E-state index in [1.54, 1.807) is 0 Å². The summed E-state index contributed by atoms with van der Waals surface area (Å²) in [6.45, 7) is 2.65. The van der Waals surface area contributed by atoms with Crippen molar-refractivity contribution in [2.45, 2.75) is 38.1 Å². The van der Waals surface area contributed by atoms with Crippen molar-refractivity contribution < 1.29 is 9.59 Å². The first kappa shape index (κ1) is 16.9. The molecule has 1 saturated carbocycles. The molecule has 0 bridgehead atoms. The van der Waals surface area contributed by atoms with E-state index in [1.165, 1.54) is 0 Å². The predicted molar refractivity (Wildman–Crippen MR) is 89.7 cm³/mol. The van der Waals surface area contributed by atoms with Gasteiger partial charge in [-0.25, -0.2) is 4.79 Å². The molecule has 0 spiro atoms. The maximum atomic E-state index is 12.5. The number of nitrogens with one attached hydrogen (secondary N) is 3. The number of hydrogen-bond acceptors (Lipinski definition) is 2. The summed E-state index contributed by atoms with van der Waals surface area (Å²) in [4.78, 5) is 24.3. The van der Waals surface area contributed by atoms with E-state index >= 15 is 0 Å². The van der Waals surface area contributed by atoms with Crippen LogP contribution in [0.2, 0.25) is 0 Å². The van der Waals surface area contributed by atoms with Crippen LogP contribution in [0.4, 0.5) is 4.79 Å². The molecule has 0 atom stereocenters. The molecule has 0 unspecified atom stereocenters. The monoisotopic (exact) mass is 313 g/mol. The van der Waals surface area contributed by atoms with Crippen molar-refractivity contribution in [3.05, 3.63) is 35.9 Å². The molecular weight excluding hydrogens is 290 g/mol. The Hall–Kier alpha value is -2.48. The zero-order chi connectivity index (χ0) is 16.5. The Morgan fingerprint density at radius 3 is 2.48 bits per heavy atom. The summed E-state index contributed by atoms with van der Waals surface area (Å²) in [6.07, 6.45) is 3.22. The highest BCUT2D eigenvalue weighted by molar-refractivity contribution is 5.91. The van der Waals surface area contributed by atoms with Gasteiger partial charge < -0.3 is 16.0 Å². The van der Waals surface area contributed by atoms with E-state index < -0.39 is 5.54 Å². The molecule has 0 radical (unpaired) electrons. The van der Waals surface area contributed by atoms with Crippen molar-refractivity contribution >= 4 is 11.9 Å². The average Bonchev–Trinajstić information content (AvgIpc) is 3.02. The second kappa shape index (κ2) is 8.23. The van der Waals surface area contributed by atoms with Gasteiger partial charge in [-0.2, -0.15) is 0 Å². The summed E-state index contributed by atoms with van der Waals surface area (Å²) in [5.41, 5.74) is 0.117. The lowest BCUT2D eigenvalue weighted by atomic mass is 9.96. The van der Waals surface area contributed by atoms with E-state index in [2.05, 4.69) is 27.8 Å². The van der Waals surface area contributed by atoms with Crippen LogP contribution >= 0.6 is 0 Å². The normalized spacial score (nSPS) is 15.2. The van der Waals surface area contributed by atoms with Gasteiger partial charge in [0.15, 0.2) is 0 Å². The molecule has 0 heterocycles. The molecule has 3 N–H and O–H groups in total. The minimum absolute atomic E-state index is 0.149. The van der Waals surface area contributed by atoms with Crippen LogP contribution in [0.3, 0.4) is 0 Å². The van der Waals surface area contributed by atoms with Gasteiger partial charge in [0.2, 0.25) is 5.91 Å². The fraction of sp³-hybridized carbons (Fsp3) is 0.444. The number of hydrogen-bond donors (Lipinski definition) is 3. The van der Waals surface area contributed by atoms with Crippen LogP contribution in [0.5, 0.6) is 0 Å². The maximum absolute atomic E-state index is 12.5. The molecule has 122 valence electrons. The highest BCUT2D eigenvalue weighted by atomic mass is 16.2. The molecule has 1 aromatic carbocycles. The second-order valence-corrected chi connectivity index (χ2v) is 5.62. The summed E-state index contributed by atoms with van der Waals surface area (Å²) in [7, 11) is 0. The minimum atomic E-state index is -0.798. The maximum Gasteiger partial charge on any atom is 0.315 e. The number of carbonyl (C=O) groups excluding carboxylic acids is 2. The van der Waals surface area contributed by atoms with Crippen LogP contribution in [-0.4, -0.2) is 30.6 Å². The number of benzene rings is 1. The highest BCUT2D eigenvalue weighted by Crippen LogP contribution is 2.29. The van der Waals surface area contributed by atoms with Gasteiger partial charge in [-0.3, -0.25) is 4.79 Å². The predicted octanol–water partition coefficient (Wildman–Crippen LogP) is 1.79. The van der Waals surface area contributed by atoms with Crippen LogP contribution < -0.4 is 16.0 Å². The fourth-order valence-electron chi connectivity index (χ4n) is 2.77.